The standard InChI is InChI=1S/C31H38N6O7/c1-20(33-30(41)42)28(39)35-26(17-22-9-5-4-6-10-22)27(38)19-37(36-29(40)21(2)34-31(43)44-3)18-23-12-14-24(15-13-23)25-11-7-8-16-32-25/h4-16,20-21,26-27,33,38H,17-19H2,1-3H3,(H,34,43)(H,35,39)(H,36,40)(H,41,42). The Bertz CT molecular complexity index is 1380. The number of alkyl carbamates (subject to hydrolysis) is 1. The molecule has 13 heteroatoms. The van der Waals surface area contributed by atoms with Crippen LogP contribution in [0.4, 0.5) is 9.59 Å². The van der Waals surface area contributed by atoms with Crippen molar-refractivity contribution in [2.45, 2.75) is 51.0 Å². The number of aliphatic hydroxyl groups excluding tert-OH is 1. The molecule has 4 atom stereocenters. The van der Waals surface area contributed by atoms with E-state index < -0.39 is 48.2 Å². The SMILES string of the molecule is COC(=O)NC(C)C(=O)NN(Cc1ccc(-c2ccccn2)cc1)CC(O)C(Cc1ccccc1)NC(=O)C(C)NC(=O)O. The van der Waals surface area contributed by atoms with E-state index in [1.807, 2.05) is 72.8 Å². The first kappa shape index (κ1) is 33.5. The number of ether oxygens (including phenoxy) is 1. The van der Waals surface area contributed by atoms with Gasteiger partial charge in [-0.1, -0.05) is 60.7 Å². The molecule has 234 valence electrons. The van der Waals surface area contributed by atoms with Crippen LogP contribution in [-0.4, -0.2) is 82.1 Å². The van der Waals surface area contributed by atoms with Crippen molar-refractivity contribution in [3.63, 3.8) is 0 Å². The van der Waals surface area contributed by atoms with Gasteiger partial charge in [-0.3, -0.25) is 20.0 Å². The third kappa shape index (κ3) is 10.7. The van der Waals surface area contributed by atoms with Gasteiger partial charge in [0.1, 0.15) is 12.1 Å². The number of carbonyl (C=O) groups is 4. The van der Waals surface area contributed by atoms with Gasteiger partial charge in [0.25, 0.3) is 5.91 Å². The molecular formula is C31H38N6O7. The van der Waals surface area contributed by atoms with Crippen LogP contribution in [0.15, 0.2) is 79.0 Å². The van der Waals surface area contributed by atoms with E-state index in [4.69, 9.17) is 5.11 Å². The summed E-state index contributed by atoms with van der Waals surface area (Å²) in [5, 5.41) is 29.2. The molecule has 3 rings (SSSR count). The number of rotatable bonds is 14. The molecule has 1 heterocycles. The van der Waals surface area contributed by atoms with Gasteiger partial charge in [0.15, 0.2) is 0 Å². The van der Waals surface area contributed by atoms with Crippen LogP contribution in [-0.2, 0) is 27.3 Å². The van der Waals surface area contributed by atoms with Gasteiger partial charge in [-0.25, -0.2) is 14.6 Å². The zero-order chi connectivity index (χ0) is 32.1. The molecule has 0 fully saturated rings. The first-order valence-electron chi connectivity index (χ1n) is 14.0. The maximum Gasteiger partial charge on any atom is 0.407 e. The molecule has 0 aliphatic heterocycles. The monoisotopic (exact) mass is 606 g/mol. The molecule has 44 heavy (non-hydrogen) atoms. The molecule has 3 aromatic rings. The fourth-order valence-corrected chi connectivity index (χ4v) is 4.30. The summed E-state index contributed by atoms with van der Waals surface area (Å²) in [6.45, 7) is 2.92. The maximum atomic E-state index is 13.0. The number of hydrogen-bond donors (Lipinski definition) is 6. The van der Waals surface area contributed by atoms with Crippen molar-refractivity contribution in [3.05, 3.63) is 90.1 Å². The molecule has 0 aliphatic carbocycles. The number of nitrogens with one attached hydrogen (secondary N) is 4. The van der Waals surface area contributed by atoms with Gasteiger partial charge in [0, 0.05) is 24.8 Å². The van der Waals surface area contributed by atoms with Crippen LogP contribution in [0.1, 0.15) is 25.0 Å². The van der Waals surface area contributed by atoms with Crippen molar-refractivity contribution < 1.29 is 34.1 Å². The molecule has 2 aromatic carbocycles. The van der Waals surface area contributed by atoms with Crippen LogP contribution < -0.4 is 21.4 Å². The minimum absolute atomic E-state index is 0.128. The molecular weight excluding hydrogens is 568 g/mol. The van der Waals surface area contributed by atoms with Crippen LogP contribution in [0.2, 0.25) is 0 Å². The van der Waals surface area contributed by atoms with E-state index in [2.05, 4.69) is 31.1 Å². The first-order valence-corrected chi connectivity index (χ1v) is 14.0. The Kier molecular flexibility index (Phi) is 12.6. The number of pyridine rings is 1. The second kappa shape index (κ2) is 16.6. The van der Waals surface area contributed by atoms with Crippen LogP contribution in [0, 0.1) is 0 Å². The van der Waals surface area contributed by atoms with Crippen molar-refractivity contribution in [2.75, 3.05) is 13.7 Å². The number of carbonyl (C=O) groups excluding carboxylic acids is 3. The van der Waals surface area contributed by atoms with Crippen LogP contribution in [0.5, 0.6) is 0 Å². The highest BCUT2D eigenvalue weighted by molar-refractivity contribution is 5.85. The normalized spacial score (nSPS) is 13.6. The Morgan fingerprint density at radius 3 is 2.11 bits per heavy atom. The van der Waals surface area contributed by atoms with Crippen LogP contribution in [0.3, 0.4) is 0 Å². The minimum Gasteiger partial charge on any atom is -0.465 e. The van der Waals surface area contributed by atoms with Gasteiger partial charge in [-0.05, 0) is 43.5 Å². The summed E-state index contributed by atoms with van der Waals surface area (Å²) in [6.07, 6.45) is -1.42. The lowest BCUT2D eigenvalue weighted by Gasteiger charge is -2.31. The highest BCUT2D eigenvalue weighted by atomic mass is 16.5. The zero-order valence-corrected chi connectivity index (χ0v) is 24.8. The van der Waals surface area contributed by atoms with Gasteiger partial charge < -0.3 is 30.9 Å². The summed E-state index contributed by atoms with van der Waals surface area (Å²) >= 11 is 0. The Balaban J connectivity index is 1.82. The number of methoxy groups -OCH3 is 1. The van der Waals surface area contributed by atoms with E-state index in [0.717, 1.165) is 22.4 Å². The van der Waals surface area contributed by atoms with Crippen molar-refractivity contribution in [3.8, 4) is 11.3 Å². The van der Waals surface area contributed by atoms with E-state index >= 15 is 0 Å². The van der Waals surface area contributed by atoms with E-state index in [9.17, 15) is 24.3 Å². The largest absolute Gasteiger partial charge is 0.465 e. The van der Waals surface area contributed by atoms with E-state index in [-0.39, 0.29) is 19.5 Å². The zero-order valence-electron chi connectivity index (χ0n) is 24.8. The number of amides is 4. The topological polar surface area (TPSA) is 182 Å². The summed E-state index contributed by atoms with van der Waals surface area (Å²) in [6, 6.07) is 19.4. The third-order valence-corrected chi connectivity index (χ3v) is 6.70. The fraction of sp³-hybridized carbons (Fsp3) is 0.323. The molecule has 13 nitrogen and oxygen atoms in total. The second-order valence-electron chi connectivity index (χ2n) is 10.2. The second-order valence-corrected chi connectivity index (χ2v) is 10.2. The van der Waals surface area contributed by atoms with Crippen molar-refractivity contribution in [1.29, 1.82) is 0 Å². The Labute approximate surface area is 255 Å². The van der Waals surface area contributed by atoms with Gasteiger partial charge in [-0.15, -0.1) is 0 Å². The van der Waals surface area contributed by atoms with Crippen molar-refractivity contribution in [2.24, 2.45) is 0 Å². The van der Waals surface area contributed by atoms with E-state index in [1.165, 1.54) is 26.0 Å². The lowest BCUT2D eigenvalue weighted by molar-refractivity contribution is -0.129. The molecule has 0 saturated heterocycles. The Morgan fingerprint density at radius 2 is 1.50 bits per heavy atom. The van der Waals surface area contributed by atoms with Gasteiger partial charge in [0.2, 0.25) is 5.91 Å². The third-order valence-electron chi connectivity index (χ3n) is 6.70. The summed E-state index contributed by atoms with van der Waals surface area (Å²) in [7, 11) is 1.19. The molecule has 0 saturated carbocycles. The lowest BCUT2D eigenvalue weighted by Crippen LogP contribution is -2.57. The molecule has 4 amide bonds. The van der Waals surface area contributed by atoms with Crippen LogP contribution >= 0.6 is 0 Å². The molecule has 0 spiro atoms. The maximum absolute atomic E-state index is 13.0. The van der Waals surface area contributed by atoms with Gasteiger partial charge in [-0.2, -0.15) is 0 Å². The molecule has 1 aromatic heterocycles. The quantitative estimate of drug-likeness (QED) is 0.150. The average molecular weight is 607 g/mol. The van der Waals surface area contributed by atoms with Crippen molar-refractivity contribution in [1.82, 2.24) is 31.4 Å². The molecule has 0 radical (unpaired) electrons. The van der Waals surface area contributed by atoms with Crippen LogP contribution in [0.25, 0.3) is 11.3 Å². The number of hydrogen-bond acceptors (Lipinski definition) is 8. The lowest BCUT2D eigenvalue weighted by atomic mass is 10.00. The smallest absolute Gasteiger partial charge is 0.407 e. The van der Waals surface area contributed by atoms with Gasteiger partial charge in [0.05, 0.1) is 24.9 Å². The number of hydrazine groups is 1. The molecule has 0 aliphatic rings. The average Bonchev–Trinajstić information content (AvgIpc) is 3.01. The van der Waals surface area contributed by atoms with Crippen molar-refractivity contribution >= 4 is 24.0 Å². The van der Waals surface area contributed by atoms with E-state index in [0.29, 0.717) is 0 Å². The summed E-state index contributed by atoms with van der Waals surface area (Å²) in [4.78, 5) is 52.9. The molecule has 6 N–H and O–H groups in total. The number of aromatic nitrogens is 1. The number of aliphatic hydroxyl groups is 1. The first-order chi connectivity index (χ1) is 21.0. The predicted molar refractivity (Wildman–Crippen MR) is 162 cm³/mol. The number of carboxylic acid groups (broad SMARTS) is 1. The molecule has 4 unspecified atom stereocenters. The molecule has 0 bridgehead atoms. The summed E-state index contributed by atoms with van der Waals surface area (Å²) in [5.74, 6) is -1.18. The number of nitrogens with zero attached hydrogens (tertiary/aromatic N) is 2. The number of benzene rings is 2. The highest BCUT2D eigenvalue weighted by Gasteiger charge is 2.28. The van der Waals surface area contributed by atoms with Gasteiger partial charge >= 0.3 is 12.2 Å². The Morgan fingerprint density at radius 1 is 0.841 bits per heavy atom. The fourth-order valence-electron chi connectivity index (χ4n) is 4.30. The van der Waals surface area contributed by atoms with E-state index in [1.54, 1.807) is 6.20 Å². The predicted octanol–water partition coefficient (Wildman–Crippen LogP) is 2.07. The summed E-state index contributed by atoms with van der Waals surface area (Å²) < 4.78 is 4.58. The minimum atomic E-state index is -1.36. The Hall–Kier alpha value is -5.01. The summed E-state index contributed by atoms with van der Waals surface area (Å²) in [5.41, 5.74) is 6.07. The highest BCUT2D eigenvalue weighted by Crippen LogP contribution is 2.18.